The molecule has 0 aromatic heterocycles. The molecule has 2 aromatic rings. The molecule has 1 aliphatic heterocycles. The van der Waals surface area contributed by atoms with Gasteiger partial charge in [0.05, 0.1) is 6.61 Å². The van der Waals surface area contributed by atoms with Crippen molar-refractivity contribution in [3.05, 3.63) is 59.4 Å². The summed E-state index contributed by atoms with van der Waals surface area (Å²) in [6, 6.07) is 12.7. The van der Waals surface area contributed by atoms with Gasteiger partial charge in [0.15, 0.2) is 11.6 Å². The third kappa shape index (κ3) is 3.46. The molecule has 5 heteroatoms. The lowest BCUT2D eigenvalue weighted by atomic mass is 9.98. The summed E-state index contributed by atoms with van der Waals surface area (Å²) in [7, 11) is 0. The first-order valence-corrected chi connectivity index (χ1v) is 7.62. The van der Waals surface area contributed by atoms with Gasteiger partial charge in [-0.25, -0.2) is 4.39 Å². The molecule has 0 saturated carbocycles. The highest BCUT2D eigenvalue weighted by Crippen LogP contribution is 2.35. The fourth-order valence-electron chi connectivity index (χ4n) is 2.67. The average molecular weight is 318 g/mol. The molecule has 2 N–H and O–H groups in total. The van der Waals surface area contributed by atoms with Gasteiger partial charge in [0.25, 0.3) is 0 Å². The van der Waals surface area contributed by atoms with Crippen molar-refractivity contribution in [3.63, 3.8) is 0 Å². The van der Waals surface area contributed by atoms with E-state index in [-0.39, 0.29) is 12.4 Å². The summed E-state index contributed by atoms with van der Waals surface area (Å²) in [6.07, 6.45) is -0.581. The normalized spacial score (nSPS) is 18.0. The first-order valence-electron chi connectivity index (χ1n) is 7.62. The molecule has 0 amide bonds. The number of halogens is 1. The molecule has 3 rings (SSSR count). The van der Waals surface area contributed by atoms with Crippen molar-refractivity contribution in [2.75, 3.05) is 6.61 Å². The largest absolute Gasteiger partial charge is 0.487 e. The van der Waals surface area contributed by atoms with Crippen LogP contribution in [0.15, 0.2) is 42.5 Å². The molecule has 2 atom stereocenters. The van der Waals surface area contributed by atoms with Crippen LogP contribution >= 0.6 is 0 Å². The van der Waals surface area contributed by atoms with Crippen LogP contribution in [0.3, 0.4) is 0 Å². The fraction of sp³-hybridized carbons (Fsp3) is 0.333. The Morgan fingerprint density at radius 1 is 1.22 bits per heavy atom. The summed E-state index contributed by atoms with van der Waals surface area (Å²) < 4.78 is 25.7. The fourth-order valence-corrected chi connectivity index (χ4v) is 2.67. The predicted octanol–water partition coefficient (Wildman–Crippen LogP) is 2.45. The molecule has 1 aliphatic rings. The second kappa shape index (κ2) is 6.98. The Labute approximate surface area is 134 Å². The molecule has 4 nitrogen and oxygen atoms in total. The van der Waals surface area contributed by atoms with Crippen molar-refractivity contribution in [1.29, 1.82) is 0 Å². The second-order valence-corrected chi connectivity index (χ2v) is 5.57. The summed E-state index contributed by atoms with van der Waals surface area (Å²) >= 11 is 0. The van der Waals surface area contributed by atoms with Crippen LogP contribution in [0.25, 0.3) is 0 Å². The molecule has 0 saturated heterocycles. The van der Waals surface area contributed by atoms with E-state index in [9.17, 15) is 9.50 Å². The van der Waals surface area contributed by atoms with E-state index in [2.05, 4.69) is 0 Å². The van der Waals surface area contributed by atoms with Crippen LogP contribution in [-0.2, 0) is 13.0 Å². The van der Waals surface area contributed by atoms with Crippen LogP contribution in [0.4, 0.5) is 4.39 Å². The van der Waals surface area contributed by atoms with Gasteiger partial charge in [-0.2, -0.15) is 0 Å². The Kier molecular flexibility index (Phi) is 4.79. The van der Waals surface area contributed by atoms with Crippen molar-refractivity contribution in [2.45, 2.75) is 31.7 Å². The van der Waals surface area contributed by atoms with E-state index < -0.39 is 18.0 Å². The van der Waals surface area contributed by atoms with E-state index >= 15 is 0 Å². The molecule has 0 aliphatic carbocycles. The Balaban J connectivity index is 1.73. The van der Waals surface area contributed by atoms with Gasteiger partial charge >= 0.3 is 0 Å². The molecule has 0 fully saturated rings. The lowest BCUT2D eigenvalue weighted by Gasteiger charge is -2.29. The van der Waals surface area contributed by atoms with E-state index in [4.69, 9.17) is 14.6 Å². The SMILES string of the molecule is OC[C@H](O)[C@H]1CCc2c(ccc(OCc3ccccc3)c2F)O1. The topological polar surface area (TPSA) is 58.9 Å². The van der Waals surface area contributed by atoms with Gasteiger partial charge in [0.1, 0.15) is 24.6 Å². The van der Waals surface area contributed by atoms with Crippen LogP contribution < -0.4 is 9.47 Å². The van der Waals surface area contributed by atoms with Gasteiger partial charge in [0.2, 0.25) is 0 Å². The lowest BCUT2D eigenvalue weighted by molar-refractivity contribution is -0.0101. The molecule has 122 valence electrons. The summed E-state index contributed by atoms with van der Waals surface area (Å²) in [5, 5.41) is 18.6. The number of fused-ring (bicyclic) bond motifs is 1. The van der Waals surface area contributed by atoms with Crippen LogP contribution in [0.2, 0.25) is 0 Å². The zero-order valence-corrected chi connectivity index (χ0v) is 12.6. The van der Waals surface area contributed by atoms with E-state index in [1.165, 1.54) is 6.07 Å². The second-order valence-electron chi connectivity index (χ2n) is 5.57. The lowest BCUT2D eigenvalue weighted by Crippen LogP contribution is -2.37. The zero-order chi connectivity index (χ0) is 16.2. The maximum atomic E-state index is 14.6. The van der Waals surface area contributed by atoms with Gasteiger partial charge in [0, 0.05) is 5.56 Å². The Morgan fingerprint density at radius 2 is 2.00 bits per heavy atom. The third-order valence-electron chi connectivity index (χ3n) is 3.98. The minimum Gasteiger partial charge on any atom is -0.487 e. The summed E-state index contributed by atoms with van der Waals surface area (Å²) in [5.74, 6) is 0.172. The Morgan fingerprint density at radius 3 is 2.74 bits per heavy atom. The van der Waals surface area contributed by atoms with Crippen molar-refractivity contribution < 1.29 is 24.1 Å². The third-order valence-corrected chi connectivity index (χ3v) is 3.98. The number of aliphatic hydroxyl groups excluding tert-OH is 2. The highest BCUT2D eigenvalue weighted by molar-refractivity contribution is 5.43. The highest BCUT2D eigenvalue weighted by Gasteiger charge is 2.28. The first kappa shape index (κ1) is 15.8. The standard InChI is InChI=1S/C18H19FO4/c19-18-13-6-7-16(14(21)10-20)23-15(13)8-9-17(18)22-11-12-4-2-1-3-5-12/h1-5,8-9,14,16,20-21H,6-7,10-11H2/t14-,16+/m0/s1. The maximum Gasteiger partial charge on any atom is 0.171 e. The zero-order valence-electron chi connectivity index (χ0n) is 12.6. The van der Waals surface area contributed by atoms with E-state index in [0.717, 1.165) is 5.56 Å². The predicted molar refractivity (Wildman–Crippen MR) is 83.0 cm³/mol. The Hall–Kier alpha value is -2.11. The first-order chi connectivity index (χ1) is 11.2. The van der Waals surface area contributed by atoms with Crippen molar-refractivity contribution in [3.8, 4) is 11.5 Å². The number of hydrogen-bond acceptors (Lipinski definition) is 4. The molecule has 1 heterocycles. The number of rotatable bonds is 5. The van der Waals surface area contributed by atoms with Gasteiger partial charge in [-0.3, -0.25) is 0 Å². The molecule has 0 spiro atoms. The van der Waals surface area contributed by atoms with E-state index in [0.29, 0.717) is 30.8 Å². The smallest absolute Gasteiger partial charge is 0.171 e. The molecule has 2 aromatic carbocycles. The molecular formula is C18H19FO4. The van der Waals surface area contributed by atoms with Crippen LogP contribution in [0.1, 0.15) is 17.5 Å². The molecule has 0 radical (unpaired) electrons. The van der Waals surface area contributed by atoms with Crippen LogP contribution in [-0.4, -0.2) is 29.0 Å². The number of aliphatic hydroxyl groups is 2. The maximum absolute atomic E-state index is 14.6. The highest BCUT2D eigenvalue weighted by atomic mass is 19.1. The van der Waals surface area contributed by atoms with Gasteiger partial charge in [-0.05, 0) is 30.5 Å². The molecule has 0 bridgehead atoms. The van der Waals surface area contributed by atoms with Gasteiger partial charge in [-0.1, -0.05) is 30.3 Å². The van der Waals surface area contributed by atoms with Crippen LogP contribution in [0.5, 0.6) is 11.5 Å². The minimum atomic E-state index is -0.958. The minimum absolute atomic E-state index is 0.192. The van der Waals surface area contributed by atoms with E-state index in [1.54, 1.807) is 6.07 Å². The monoisotopic (exact) mass is 318 g/mol. The Bertz CT molecular complexity index is 660. The number of ether oxygens (including phenoxy) is 2. The molecular weight excluding hydrogens is 299 g/mol. The van der Waals surface area contributed by atoms with Gasteiger partial charge in [-0.15, -0.1) is 0 Å². The summed E-state index contributed by atoms with van der Waals surface area (Å²) in [4.78, 5) is 0. The number of hydrogen-bond donors (Lipinski definition) is 2. The van der Waals surface area contributed by atoms with Gasteiger partial charge < -0.3 is 19.7 Å². The summed E-state index contributed by atoms with van der Waals surface area (Å²) in [6.45, 7) is -0.0794. The van der Waals surface area contributed by atoms with Crippen molar-refractivity contribution in [2.24, 2.45) is 0 Å². The molecule has 0 unspecified atom stereocenters. The molecule has 23 heavy (non-hydrogen) atoms. The van der Waals surface area contributed by atoms with Crippen LogP contribution in [0, 0.1) is 5.82 Å². The quantitative estimate of drug-likeness (QED) is 0.889. The van der Waals surface area contributed by atoms with E-state index in [1.807, 2.05) is 30.3 Å². The average Bonchev–Trinajstić information content (AvgIpc) is 2.61. The summed E-state index contributed by atoms with van der Waals surface area (Å²) in [5.41, 5.74) is 1.42. The van der Waals surface area contributed by atoms with Crippen molar-refractivity contribution >= 4 is 0 Å². The number of benzene rings is 2. The van der Waals surface area contributed by atoms with Crippen molar-refractivity contribution in [1.82, 2.24) is 0 Å².